The highest BCUT2D eigenvalue weighted by Crippen LogP contribution is 2.34. The third-order valence-electron chi connectivity index (χ3n) is 3.09. The fourth-order valence-electron chi connectivity index (χ4n) is 2.28. The van der Waals surface area contributed by atoms with E-state index >= 15 is 0 Å². The van der Waals surface area contributed by atoms with Crippen LogP contribution in [0.1, 0.15) is 31.9 Å². The van der Waals surface area contributed by atoms with Crippen LogP contribution in [0.15, 0.2) is 24.3 Å². The number of nitrogens with one attached hydrogen (secondary N) is 1. The Morgan fingerprint density at radius 2 is 2.20 bits per heavy atom. The first-order valence-corrected chi connectivity index (χ1v) is 5.78. The lowest BCUT2D eigenvalue weighted by atomic mass is 9.95. The van der Waals surface area contributed by atoms with Gasteiger partial charge in [0.25, 0.3) is 0 Å². The maximum absolute atomic E-state index is 5.66. The number of rotatable bonds is 3. The van der Waals surface area contributed by atoms with Gasteiger partial charge in [-0.3, -0.25) is 0 Å². The standard InChI is InChI=1S/C13H19NO/c1-3-15-12-7-5-4-6-11(12)13-10(2)8-9-14-13/h4-7,10,13-14H,3,8-9H2,1-2H3. The molecule has 1 aliphatic rings. The predicted octanol–water partition coefficient (Wildman–Crippen LogP) is 2.76. The minimum absolute atomic E-state index is 0.466. The van der Waals surface area contributed by atoms with Crippen molar-refractivity contribution in [2.45, 2.75) is 26.3 Å². The van der Waals surface area contributed by atoms with Crippen LogP contribution in [0.25, 0.3) is 0 Å². The Morgan fingerprint density at radius 1 is 1.40 bits per heavy atom. The second kappa shape index (κ2) is 4.67. The molecule has 0 saturated carbocycles. The maximum atomic E-state index is 5.66. The Morgan fingerprint density at radius 3 is 2.87 bits per heavy atom. The van der Waals surface area contributed by atoms with Crippen molar-refractivity contribution >= 4 is 0 Å². The van der Waals surface area contributed by atoms with Crippen LogP contribution in [0.2, 0.25) is 0 Å². The summed E-state index contributed by atoms with van der Waals surface area (Å²) in [5.41, 5.74) is 1.31. The quantitative estimate of drug-likeness (QED) is 0.819. The van der Waals surface area contributed by atoms with E-state index in [0.29, 0.717) is 12.0 Å². The molecule has 82 valence electrons. The van der Waals surface area contributed by atoms with Gasteiger partial charge in [0.2, 0.25) is 0 Å². The third-order valence-corrected chi connectivity index (χ3v) is 3.09. The summed E-state index contributed by atoms with van der Waals surface area (Å²) in [4.78, 5) is 0. The average molecular weight is 205 g/mol. The van der Waals surface area contributed by atoms with Crippen molar-refractivity contribution in [3.8, 4) is 5.75 Å². The van der Waals surface area contributed by atoms with E-state index < -0.39 is 0 Å². The highest BCUT2D eigenvalue weighted by atomic mass is 16.5. The van der Waals surface area contributed by atoms with Crippen LogP contribution in [0.4, 0.5) is 0 Å². The minimum atomic E-state index is 0.466. The molecule has 2 heteroatoms. The number of hydrogen-bond donors (Lipinski definition) is 1. The number of para-hydroxylation sites is 1. The second-order valence-corrected chi connectivity index (χ2v) is 4.17. The van der Waals surface area contributed by atoms with E-state index in [9.17, 15) is 0 Å². The van der Waals surface area contributed by atoms with Gasteiger partial charge >= 0.3 is 0 Å². The highest BCUT2D eigenvalue weighted by Gasteiger charge is 2.26. The molecule has 0 aliphatic carbocycles. The lowest BCUT2D eigenvalue weighted by Gasteiger charge is -2.19. The third kappa shape index (κ3) is 2.15. The Hall–Kier alpha value is -1.02. The van der Waals surface area contributed by atoms with Crippen molar-refractivity contribution in [2.24, 2.45) is 5.92 Å². The summed E-state index contributed by atoms with van der Waals surface area (Å²) >= 11 is 0. The molecule has 1 aliphatic heterocycles. The number of hydrogen-bond acceptors (Lipinski definition) is 2. The zero-order valence-corrected chi connectivity index (χ0v) is 9.49. The van der Waals surface area contributed by atoms with E-state index in [1.54, 1.807) is 0 Å². The van der Waals surface area contributed by atoms with E-state index in [2.05, 4.69) is 30.4 Å². The van der Waals surface area contributed by atoms with Gasteiger partial charge < -0.3 is 10.1 Å². The molecule has 0 bridgehead atoms. The van der Waals surface area contributed by atoms with Crippen LogP contribution < -0.4 is 10.1 Å². The fraction of sp³-hybridized carbons (Fsp3) is 0.538. The molecule has 1 heterocycles. The Labute approximate surface area is 91.6 Å². The molecule has 2 nitrogen and oxygen atoms in total. The first kappa shape index (κ1) is 10.5. The summed E-state index contributed by atoms with van der Waals surface area (Å²) in [5.74, 6) is 1.73. The predicted molar refractivity (Wildman–Crippen MR) is 62.1 cm³/mol. The molecule has 1 aromatic rings. The van der Waals surface area contributed by atoms with Crippen molar-refractivity contribution in [1.82, 2.24) is 5.32 Å². The molecular weight excluding hydrogens is 186 g/mol. The summed E-state index contributed by atoms with van der Waals surface area (Å²) < 4.78 is 5.66. The van der Waals surface area contributed by atoms with E-state index in [1.807, 2.05) is 13.0 Å². The van der Waals surface area contributed by atoms with E-state index in [1.165, 1.54) is 12.0 Å². The summed E-state index contributed by atoms with van der Waals surface area (Å²) in [6, 6.07) is 8.82. The molecule has 1 aromatic carbocycles. The number of benzene rings is 1. The van der Waals surface area contributed by atoms with Crippen LogP contribution >= 0.6 is 0 Å². The van der Waals surface area contributed by atoms with Crippen LogP contribution in [0.3, 0.4) is 0 Å². The van der Waals surface area contributed by atoms with Crippen molar-refractivity contribution in [2.75, 3.05) is 13.2 Å². The minimum Gasteiger partial charge on any atom is -0.494 e. The van der Waals surface area contributed by atoms with Crippen LogP contribution in [0.5, 0.6) is 5.75 Å². The van der Waals surface area contributed by atoms with Crippen molar-refractivity contribution in [3.05, 3.63) is 29.8 Å². The molecule has 1 fully saturated rings. The van der Waals surface area contributed by atoms with Gasteiger partial charge in [-0.15, -0.1) is 0 Å². The van der Waals surface area contributed by atoms with Crippen molar-refractivity contribution < 1.29 is 4.74 Å². The fourth-order valence-corrected chi connectivity index (χ4v) is 2.28. The van der Waals surface area contributed by atoms with Gasteiger partial charge in [-0.1, -0.05) is 25.1 Å². The molecule has 0 amide bonds. The van der Waals surface area contributed by atoms with Crippen molar-refractivity contribution in [3.63, 3.8) is 0 Å². The van der Waals surface area contributed by atoms with Gasteiger partial charge in [-0.25, -0.2) is 0 Å². The summed E-state index contributed by atoms with van der Waals surface area (Å²) in [7, 11) is 0. The highest BCUT2D eigenvalue weighted by molar-refractivity contribution is 5.36. The van der Waals surface area contributed by atoms with Crippen molar-refractivity contribution in [1.29, 1.82) is 0 Å². The van der Waals surface area contributed by atoms with Gasteiger partial charge in [0, 0.05) is 11.6 Å². The zero-order chi connectivity index (χ0) is 10.7. The van der Waals surface area contributed by atoms with Gasteiger partial charge in [-0.2, -0.15) is 0 Å². The SMILES string of the molecule is CCOc1ccccc1C1NCCC1C. The summed E-state index contributed by atoms with van der Waals surface area (Å²) in [6.07, 6.45) is 1.26. The monoisotopic (exact) mass is 205 g/mol. The lowest BCUT2D eigenvalue weighted by Crippen LogP contribution is -2.17. The van der Waals surface area contributed by atoms with Gasteiger partial charge in [0.1, 0.15) is 5.75 Å². The molecule has 0 spiro atoms. The zero-order valence-electron chi connectivity index (χ0n) is 9.49. The molecule has 0 aromatic heterocycles. The molecule has 2 rings (SSSR count). The lowest BCUT2D eigenvalue weighted by molar-refractivity contribution is 0.329. The largest absolute Gasteiger partial charge is 0.494 e. The Balaban J connectivity index is 2.25. The molecule has 2 unspecified atom stereocenters. The first-order valence-electron chi connectivity index (χ1n) is 5.78. The van der Waals surface area contributed by atoms with Crippen LogP contribution in [-0.4, -0.2) is 13.2 Å². The van der Waals surface area contributed by atoms with Gasteiger partial charge in [-0.05, 0) is 31.9 Å². The van der Waals surface area contributed by atoms with Gasteiger partial charge in [0.15, 0.2) is 0 Å². The molecular formula is C13H19NO. The molecule has 1 saturated heterocycles. The topological polar surface area (TPSA) is 21.3 Å². The maximum Gasteiger partial charge on any atom is 0.124 e. The van der Waals surface area contributed by atoms with E-state index in [0.717, 1.165) is 18.9 Å². The molecule has 2 atom stereocenters. The summed E-state index contributed by atoms with van der Waals surface area (Å²) in [6.45, 7) is 6.18. The van der Waals surface area contributed by atoms with Crippen LogP contribution in [0, 0.1) is 5.92 Å². The second-order valence-electron chi connectivity index (χ2n) is 4.17. The first-order chi connectivity index (χ1) is 7.33. The molecule has 15 heavy (non-hydrogen) atoms. The van der Waals surface area contributed by atoms with E-state index in [4.69, 9.17) is 4.74 Å². The van der Waals surface area contributed by atoms with E-state index in [-0.39, 0.29) is 0 Å². The average Bonchev–Trinajstić information content (AvgIpc) is 2.66. The Kier molecular flexibility index (Phi) is 3.27. The normalized spacial score (nSPS) is 25.5. The van der Waals surface area contributed by atoms with Crippen LogP contribution in [-0.2, 0) is 0 Å². The smallest absolute Gasteiger partial charge is 0.124 e. The number of ether oxygens (including phenoxy) is 1. The molecule has 0 radical (unpaired) electrons. The van der Waals surface area contributed by atoms with Gasteiger partial charge in [0.05, 0.1) is 6.61 Å². The summed E-state index contributed by atoms with van der Waals surface area (Å²) in [5, 5.41) is 3.54. The molecule has 1 N–H and O–H groups in total. The Bertz CT molecular complexity index is 324.